The van der Waals surface area contributed by atoms with E-state index in [9.17, 15) is 9.90 Å². The molecular formula is C19H26N4O2. The lowest BCUT2D eigenvalue weighted by atomic mass is 9.93. The van der Waals surface area contributed by atoms with Crippen LogP contribution in [-0.4, -0.2) is 45.7 Å². The van der Waals surface area contributed by atoms with Crippen LogP contribution in [0.2, 0.25) is 0 Å². The van der Waals surface area contributed by atoms with E-state index in [0.717, 1.165) is 48.3 Å². The summed E-state index contributed by atoms with van der Waals surface area (Å²) in [6, 6.07) is 7.94. The number of H-pyrrole nitrogens is 1. The smallest absolute Gasteiger partial charge is 0.269 e. The van der Waals surface area contributed by atoms with E-state index in [-0.39, 0.29) is 11.6 Å². The van der Waals surface area contributed by atoms with Crippen LogP contribution in [0.4, 0.5) is 0 Å². The van der Waals surface area contributed by atoms with E-state index in [1.54, 1.807) is 6.07 Å². The van der Waals surface area contributed by atoms with Crippen molar-refractivity contribution in [3.63, 3.8) is 0 Å². The van der Waals surface area contributed by atoms with Crippen molar-refractivity contribution in [3.8, 4) is 0 Å². The Bertz CT molecular complexity index is 756. The molecule has 0 radical (unpaired) electrons. The van der Waals surface area contributed by atoms with Crippen LogP contribution in [0.15, 0.2) is 24.3 Å². The molecule has 2 heterocycles. The van der Waals surface area contributed by atoms with Crippen LogP contribution in [0.5, 0.6) is 0 Å². The number of aromatic amines is 1. The normalized spacial score (nSPS) is 19.7. The van der Waals surface area contributed by atoms with E-state index in [2.05, 4.69) is 33.3 Å². The number of carbonyl (C=O) groups is 1. The van der Waals surface area contributed by atoms with Crippen molar-refractivity contribution in [2.24, 2.45) is 5.73 Å². The highest BCUT2D eigenvalue weighted by Crippen LogP contribution is 2.28. The first-order valence-electron chi connectivity index (χ1n) is 8.76. The van der Waals surface area contributed by atoms with Gasteiger partial charge in [-0.15, -0.1) is 0 Å². The highest BCUT2D eigenvalue weighted by molar-refractivity contribution is 5.90. The van der Waals surface area contributed by atoms with Gasteiger partial charge in [-0.25, -0.2) is 0 Å². The molecule has 0 spiro atoms. The van der Waals surface area contributed by atoms with Gasteiger partial charge in [0.05, 0.1) is 6.10 Å². The molecule has 0 bridgehead atoms. The summed E-state index contributed by atoms with van der Waals surface area (Å²) in [6.07, 6.45) is 1.59. The number of piperidine rings is 1. The fraction of sp³-hybridized carbons (Fsp3) is 0.474. The number of hydrogen-bond acceptors (Lipinski definition) is 4. The minimum Gasteiger partial charge on any atom is -0.387 e. The second-order valence-electron chi connectivity index (χ2n) is 7.05. The summed E-state index contributed by atoms with van der Waals surface area (Å²) in [5, 5.41) is 17.6. The van der Waals surface area contributed by atoms with Gasteiger partial charge in [-0.05, 0) is 50.4 Å². The number of aliphatic hydroxyl groups excluding tert-OH is 1. The Morgan fingerprint density at radius 2 is 2.24 bits per heavy atom. The lowest BCUT2D eigenvalue weighted by Gasteiger charge is -2.33. The molecule has 0 saturated carbocycles. The van der Waals surface area contributed by atoms with Crippen LogP contribution in [0.1, 0.15) is 57.7 Å². The minimum absolute atomic E-state index is 0.278. The summed E-state index contributed by atoms with van der Waals surface area (Å²) in [4.78, 5) is 13.5. The SMILES string of the molecule is Cc1ccc(C)c([C@@H](O)CN2CCC[C@H](c3cc(C(N)=O)n[nH]3)C2)c1. The van der Waals surface area contributed by atoms with Gasteiger partial charge in [0.25, 0.3) is 5.91 Å². The van der Waals surface area contributed by atoms with Gasteiger partial charge in [0.2, 0.25) is 0 Å². The molecule has 134 valence electrons. The number of aryl methyl sites for hydroxylation is 2. The van der Waals surface area contributed by atoms with Gasteiger partial charge < -0.3 is 10.8 Å². The van der Waals surface area contributed by atoms with Crippen molar-refractivity contribution in [3.05, 3.63) is 52.3 Å². The number of likely N-dealkylation sites (tertiary alicyclic amines) is 1. The largest absolute Gasteiger partial charge is 0.387 e. The molecule has 6 nitrogen and oxygen atoms in total. The summed E-state index contributed by atoms with van der Waals surface area (Å²) >= 11 is 0. The number of amides is 1. The summed E-state index contributed by atoms with van der Waals surface area (Å²) in [5.41, 5.74) is 9.78. The number of nitrogens with zero attached hydrogens (tertiary/aromatic N) is 2. The lowest BCUT2D eigenvalue weighted by Crippen LogP contribution is -2.37. The number of nitrogens with two attached hydrogens (primary N) is 1. The number of rotatable bonds is 5. The quantitative estimate of drug-likeness (QED) is 0.775. The van der Waals surface area contributed by atoms with Gasteiger partial charge in [-0.1, -0.05) is 23.8 Å². The molecule has 2 aromatic rings. The molecule has 1 aliphatic rings. The number of primary amides is 1. The minimum atomic E-state index is -0.513. The van der Waals surface area contributed by atoms with Crippen LogP contribution in [0, 0.1) is 13.8 Å². The first-order valence-corrected chi connectivity index (χ1v) is 8.76. The van der Waals surface area contributed by atoms with Gasteiger partial charge in [-0.2, -0.15) is 5.10 Å². The third kappa shape index (κ3) is 4.08. The third-order valence-electron chi connectivity index (χ3n) is 5.02. The molecule has 1 aromatic heterocycles. The van der Waals surface area contributed by atoms with Crippen molar-refractivity contribution >= 4 is 5.91 Å². The predicted octanol–water partition coefficient (Wildman–Crippen LogP) is 2.04. The molecule has 1 saturated heterocycles. The van der Waals surface area contributed by atoms with Crippen molar-refractivity contribution in [2.75, 3.05) is 19.6 Å². The Morgan fingerprint density at radius 1 is 1.44 bits per heavy atom. The maximum atomic E-state index is 11.2. The van der Waals surface area contributed by atoms with E-state index in [0.29, 0.717) is 6.54 Å². The number of aliphatic hydroxyl groups is 1. The monoisotopic (exact) mass is 342 g/mol. The molecule has 3 rings (SSSR count). The molecule has 1 aliphatic heterocycles. The van der Waals surface area contributed by atoms with E-state index < -0.39 is 12.0 Å². The van der Waals surface area contributed by atoms with E-state index in [1.165, 1.54) is 0 Å². The second kappa shape index (κ2) is 7.37. The summed E-state index contributed by atoms with van der Waals surface area (Å²) < 4.78 is 0. The van der Waals surface area contributed by atoms with E-state index >= 15 is 0 Å². The Balaban J connectivity index is 1.66. The fourth-order valence-electron chi connectivity index (χ4n) is 3.61. The van der Waals surface area contributed by atoms with Gasteiger partial charge in [0.1, 0.15) is 5.69 Å². The zero-order valence-electron chi connectivity index (χ0n) is 14.8. The standard InChI is InChI=1S/C19H26N4O2/c1-12-5-6-13(2)15(8-12)18(24)11-23-7-3-4-14(10-23)16-9-17(19(20)25)22-21-16/h5-6,8-9,14,18,24H,3-4,7,10-11H2,1-2H3,(H2,20,25)(H,21,22)/t14-,18-/m0/s1. The number of carbonyl (C=O) groups excluding carboxylic acids is 1. The maximum absolute atomic E-state index is 11.2. The molecule has 1 fully saturated rings. The summed E-state index contributed by atoms with van der Waals surface area (Å²) in [5.74, 6) is -0.235. The average Bonchev–Trinajstić information content (AvgIpc) is 3.07. The Hall–Kier alpha value is -2.18. The first-order chi connectivity index (χ1) is 11.9. The topological polar surface area (TPSA) is 95.2 Å². The van der Waals surface area contributed by atoms with Crippen LogP contribution in [0.3, 0.4) is 0 Å². The van der Waals surface area contributed by atoms with Crippen molar-refractivity contribution in [1.82, 2.24) is 15.1 Å². The Labute approximate surface area is 148 Å². The van der Waals surface area contributed by atoms with Crippen LogP contribution in [-0.2, 0) is 0 Å². The van der Waals surface area contributed by atoms with Crippen molar-refractivity contribution < 1.29 is 9.90 Å². The fourth-order valence-corrected chi connectivity index (χ4v) is 3.61. The highest BCUT2D eigenvalue weighted by Gasteiger charge is 2.25. The average molecular weight is 342 g/mol. The number of β-amino-alcohol motifs (C(OH)–C–C–N with tert-alkyl or cyclic N) is 1. The highest BCUT2D eigenvalue weighted by atomic mass is 16.3. The first kappa shape index (κ1) is 17.6. The summed E-state index contributed by atoms with van der Waals surface area (Å²) in [6.45, 7) is 6.49. The lowest BCUT2D eigenvalue weighted by molar-refractivity contribution is 0.0946. The third-order valence-corrected chi connectivity index (χ3v) is 5.02. The number of hydrogen-bond donors (Lipinski definition) is 3. The molecule has 0 aliphatic carbocycles. The molecule has 1 aromatic carbocycles. The predicted molar refractivity (Wildman–Crippen MR) is 96.4 cm³/mol. The molecule has 0 unspecified atom stereocenters. The maximum Gasteiger partial charge on any atom is 0.269 e. The Morgan fingerprint density at radius 3 is 2.96 bits per heavy atom. The second-order valence-corrected chi connectivity index (χ2v) is 7.05. The van der Waals surface area contributed by atoms with Crippen molar-refractivity contribution in [2.45, 2.75) is 38.7 Å². The molecule has 6 heteroatoms. The van der Waals surface area contributed by atoms with Gasteiger partial charge in [0.15, 0.2) is 0 Å². The van der Waals surface area contributed by atoms with Crippen LogP contribution < -0.4 is 5.73 Å². The van der Waals surface area contributed by atoms with Crippen LogP contribution >= 0.6 is 0 Å². The zero-order chi connectivity index (χ0) is 18.0. The number of benzene rings is 1. The zero-order valence-corrected chi connectivity index (χ0v) is 14.8. The number of aromatic nitrogens is 2. The van der Waals surface area contributed by atoms with Crippen molar-refractivity contribution in [1.29, 1.82) is 0 Å². The molecule has 25 heavy (non-hydrogen) atoms. The molecule has 4 N–H and O–H groups in total. The summed E-state index contributed by atoms with van der Waals surface area (Å²) in [7, 11) is 0. The Kier molecular flexibility index (Phi) is 5.20. The van der Waals surface area contributed by atoms with E-state index in [4.69, 9.17) is 5.73 Å². The van der Waals surface area contributed by atoms with Gasteiger partial charge >= 0.3 is 0 Å². The van der Waals surface area contributed by atoms with Gasteiger partial charge in [0, 0.05) is 24.7 Å². The van der Waals surface area contributed by atoms with Crippen LogP contribution in [0.25, 0.3) is 0 Å². The van der Waals surface area contributed by atoms with Gasteiger partial charge in [-0.3, -0.25) is 14.8 Å². The van der Waals surface area contributed by atoms with E-state index in [1.807, 2.05) is 13.8 Å². The number of nitrogens with one attached hydrogen (secondary N) is 1. The molecule has 2 atom stereocenters. The molecular weight excluding hydrogens is 316 g/mol. The molecule has 1 amide bonds.